The molecule has 1 atom stereocenters. The Bertz CT molecular complexity index is 276. The maximum Gasteiger partial charge on any atom is 0.199 e. The van der Waals surface area contributed by atoms with Gasteiger partial charge in [0.2, 0.25) is 0 Å². The minimum Gasteiger partial charge on any atom is -0.489 e. The number of Topliss-reactive ketones (excluding diaryl/α,β-unsaturated/α-hetero) is 1. The molecule has 0 aromatic rings. The zero-order valence-corrected chi connectivity index (χ0v) is 7.71. The molecule has 2 heteroatoms. The van der Waals surface area contributed by atoms with Crippen LogP contribution in [0.3, 0.4) is 0 Å². The van der Waals surface area contributed by atoms with E-state index in [1.54, 1.807) is 0 Å². The van der Waals surface area contributed by atoms with E-state index in [1.165, 1.54) is 0 Å². The van der Waals surface area contributed by atoms with E-state index in [4.69, 9.17) is 4.74 Å². The van der Waals surface area contributed by atoms with Gasteiger partial charge in [0.25, 0.3) is 0 Å². The van der Waals surface area contributed by atoms with Gasteiger partial charge >= 0.3 is 0 Å². The zero-order valence-electron chi connectivity index (χ0n) is 7.71. The van der Waals surface area contributed by atoms with Gasteiger partial charge in [-0.05, 0) is 25.2 Å². The van der Waals surface area contributed by atoms with Crippen LogP contribution in [0.4, 0.5) is 0 Å². The van der Waals surface area contributed by atoms with Crippen LogP contribution in [0.25, 0.3) is 0 Å². The summed E-state index contributed by atoms with van der Waals surface area (Å²) in [4.78, 5) is 11.4. The van der Waals surface area contributed by atoms with E-state index in [1.807, 2.05) is 6.08 Å². The monoisotopic (exact) mass is 178 g/mol. The van der Waals surface area contributed by atoms with Crippen molar-refractivity contribution in [3.63, 3.8) is 0 Å². The van der Waals surface area contributed by atoms with Crippen molar-refractivity contribution in [3.8, 4) is 0 Å². The Morgan fingerprint density at radius 2 is 2.46 bits per heavy atom. The number of allylic oxidation sites excluding steroid dienone is 2. The standard InChI is InChI=1S/C11H14O2/c1-2-3-4-8-5-6-10-11(8)9(12)7-13-10/h2,8H,1,3-7H2. The van der Waals surface area contributed by atoms with Crippen LogP contribution in [0.1, 0.15) is 25.7 Å². The summed E-state index contributed by atoms with van der Waals surface area (Å²) in [7, 11) is 0. The van der Waals surface area contributed by atoms with Gasteiger partial charge in [-0.2, -0.15) is 0 Å². The molecular weight excluding hydrogens is 164 g/mol. The minimum atomic E-state index is 0.210. The van der Waals surface area contributed by atoms with Gasteiger partial charge in [0.15, 0.2) is 12.4 Å². The number of rotatable bonds is 3. The lowest BCUT2D eigenvalue weighted by atomic mass is 9.94. The highest BCUT2D eigenvalue weighted by atomic mass is 16.5. The number of carbonyl (C=O) groups is 1. The molecule has 2 aliphatic rings. The molecular formula is C11H14O2. The minimum absolute atomic E-state index is 0.210. The van der Waals surface area contributed by atoms with Crippen LogP contribution in [0.2, 0.25) is 0 Å². The summed E-state index contributed by atoms with van der Waals surface area (Å²) in [6.07, 6.45) is 6.01. The van der Waals surface area contributed by atoms with E-state index in [0.29, 0.717) is 5.92 Å². The second-order valence-electron chi connectivity index (χ2n) is 3.65. The summed E-state index contributed by atoms with van der Waals surface area (Å²) in [5.41, 5.74) is 0.988. The number of carbonyl (C=O) groups excluding carboxylic acids is 1. The Labute approximate surface area is 78.3 Å². The third-order valence-electron chi connectivity index (χ3n) is 2.83. The van der Waals surface area contributed by atoms with Crippen molar-refractivity contribution in [3.05, 3.63) is 24.0 Å². The van der Waals surface area contributed by atoms with Crippen molar-refractivity contribution >= 4 is 5.78 Å². The average molecular weight is 178 g/mol. The van der Waals surface area contributed by atoms with Crippen LogP contribution in [-0.4, -0.2) is 12.4 Å². The molecule has 13 heavy (non-hydrogen) atoms. The molecule has 0 bridgehead atoms. The fourth-order valence-corrected chi connectivity index (χ4v) is 2.18. The van der Waals surface area contributed by atoms with Crippen LogP contribution in [0.5, 0.6) is 0 Å². The Kier molecular flexibility index (Phi) is 2.21. The van der Waals surface area contributed by atoms with Crippen molar-refractivity contribution in [2.24, 2.45) is 5.92 Å². The fraction of sp³-hybridized carbons (Fsp3) is 0.545. The van der Waals surface area contributed by atoms with E-state index < -0.39 is 0 Å². The van der Waals surface area contributed by atoms with Gasteiger partial charge in [0, 0.05) is 12.0 Å². The molecule has 1 aliphatic heterocycles. The van der Waals surface area contributed by atoms with Gasteiger partial charge in [-0.15, -0.1) is 6.58 Å². The molecule has 0 spiro atoms. The van der Waals surface area contributed by atoms with Gasteiger partial charge in [-0.25, -0.2) is 0 Å². The predicted molar refractivity (Wildman–Crippen MR) is 50.1 cm³/mol. The molecule has 2 nitrogen and oxygen atoms in total. The summed E-state index contributed by atoms with van der Waals surface area (Å²) >= 11 is 0. The molecule has 0 saturated carbocycles. The van der Waals surface area contributed by atoms with Crippen molar-refractivity contribution in [1.29, 1.82) is 0 Å². The Hall–Kier alpha value is -1.05. The first-order valence-corrected chi connectivity index (χ1v) is 4.83. The van der Waals surface area contributed by atoms with Crippen LogP contribution in [0.15, 0.2) is 24.0 Å². The molecule has 0 aromatic carbocycles. The summed E-state index contributed by atoms with van der Waals surface area (Å²) in [5, 5.41) is 0. The van der Waals surface area contributed by atoms with E-state index in [2.05, 4.69) is 6.58 Å². The van der Waals surface area contributed by atoms with Gasteiger partial charge in [-0.1, -0.05) is 6.08 Å². The van der Waals surface area contributed by atoms with E-state index >= 15 is 0 Å². The largest absolute Gasteiger partial charge is 0.489 e. The molecule has 0 fully saturated rings. The molecule has 1 aliphatic carbocycles. The van der Waals surface area contributed by atoms with Crippen LogP contribution >= 0.6 is 0 Å². The molecule has 0 saturated heterocycles. The molecule has 1 heterocycles. The summed E-state index contributed by atoms with van der Waals surface area (Å²) in [6, 6.07) is 0. The number of ketones is 1. The maximum absolute atomic E-state index is 11.4. The third-order valence-corrected chi connectivity index (χ3v) is 2.83. The lowest BCUT2D eigenvalue weighted by molar-refractivity contribution is -0.117. The molecule has 1 unspecified atom stereocenters. The first-order valence-electron chi connectivity index (χ1n) is 4.83. The second kappa shape index (κ2) is 3.36. The van der Waals surface area contributed by atoms with Crippen LogP contribution in [-0.2, 0) is 9.53 Å². The highest BCUT2D eigenvalue weighted by molar-refractivity contribution is 5.99. The SMILES string of the molecule is C=CCCC1CCC2=C1C(=O)CO2. The van der Waals surface area contributed by atoms with Gasteiger partial charge in [0.1, 0.15) is 5.76 Å². The van der Waals surface area contributed by atoms with Gasteiger partial charge < -0.3 is 4.74 Å². The highest BCUT2D eigenvalue weighted by Crippen LogP contribution is 2.39. The number of hydrogen-bond donors (Lipinski definition) is 0. The summed E-state index contributed by atoms with van der Waals surface area (Å²) in [5.74, 6) is 1.63. The quantitative estimate of drug-likeness (QED) is 0.619. The average Bonchev–Trinajstić information content (AvgIpc) is 2.67. The van der Waals surface area contributed by atoms with E-state index in [-0.39, 0.29) is 12.4 Å². The van der Waals surface area contributed by atoms with Crippen molar-refractivity contribution in [1.82, 2.24) is 0 Å². The predicted octanol–water partition coefficient (Wildman–Crippen LogP) is 2.22. The lowest BCUT2D eigenvalue weighted by Gasteiger charge is -2.09. The normalized spacial score (nSPS) is 26.2. The van der Waals surface area contributed by atoms with Crippen molar-refractivity contribution < 1.29 is 9.53 Å². The maximum atomic E-state index is 11.4. The zero-order chi connectivity index (χ0) is 9.26. The van der Waals surface area contributed by atoms with E-state index in [0.717, 1.165) is 37.0 Å². The molecule has 0 radical (unpaired) electrons. The lowest BCUT2D eigenvalue weighted by Crippen LogP contribution is -2.09. The fourth-order valence-electron chi connectivity index (χ4n) is 2.18. The second-order valence-corrected chi connectivity index (χ2v) is 3.65. The van der Waals surface area contributed by atoms with Crippen molar-refractivity contribution in [2.45, 2.75) is 25.7 Å². The molecule has 2 rings (SSSR count). The Balaban J connectivity index is 2.07. The smallest absolute Gasteiger partial charge is 0.199 e. The third kappa shape index (κ3) is 1.41. The molecule has 70 valence electrons. The first-order chi connectivity index (χ1) is 6.33. The molecule has 0 amide bonds. The van der Waals surface area contributed by atoms with Crippen LogP contribution < -0.4 is 0 Å². The van der Waals surface area contributed by atoms with Gasteiger partial charge in [-0.3, -0.25) is 4.79 Å². The summed E-state index contributed by atoms with van der Waals surface area (Å²) in [6.45, 7) is 3.98. The van der Waals surface area contributed by atoms with Crippen molar-refractivity contribution in [2.75, 3.05) is 6.61 Å². The topological polar surface area (TPSA) is 26.3 Å². The highest BCUT2D eigenvalue weighted by Gasteiger charge is 2.35. The van der Waals surface area contributed by atoms with Crippen LogP contribution in [0, 0.1) is 5.92 Å². The van der Waals surface area contributed by atoms with E-state index in [9.17, 15) is 4.79 Å². The number of ether oxygens (including phenoxy) is 1. The number of hydrogen-bond acceptors (Lipinski definition) is 2. The Morgan fingerprint density at radius 3 is 3.23 bits per heavy atom. The molecule has 0 N–H and O–H groups in total. The Morgan fingerprint density at radius 1 is 1.62 bits per heavy atom. The molecule has 0 aromatic heterocycles. The first kappa shape index (κ1) is 8.54. The summed E-state index contributed by atoms with van der Waals surface area (Å²) < 4.78 is 5.30. The van der Waals surface area contributed by atoms with Gasteiger partial charge in [0.05, 0.1) is 0 Å².